The van der Waals surface area contributed by atoms with Gasteiger partial charge in [0.05, 0.1) is 29.7 Å². The normalized spacial score (nSPS) is 11.4. The van der Waals surface area contributed by atoms with Crippen LogP contribution in [0, 0.1) is 0 Å². The minimum absolute atomic E-state index is 0.0688. The average molecular weight is 395 g/mol. The van der Waals surface area contributed by atoms with Crippen LogP contribution in [0.25, 0.3) is 5.69 Å². The summed E-state index contributed by atoms with van der Waals surface area (Å²) in [6, 6.07) is 10.9. The van der Waals surface area contributed by atoms with Crippen molar-refractivity contribution in [1.82, 2.24) is 19.7 Å². The van der Waals surface area contributed by atoms with Crippen molar-refractivity contribution in [1.29, 1.82) is 0 Å². The van der Waals surface area contributed by atoms with Gasteiger partial charge in [0.15, 0.2) is 5.69 Å². The molecule has 0 radical (unpaired) electrons. The topological polar surface area (TPSA) is 51.0 Å². The van der Waals surface area contributed by atoms with Gasteiger partial charge in [0.25, 0.3) is 5.91 Å². The molecule has 0 spiro atoms. The Morgan fingerprint density at radius 3 is 2.63 bits per heavy atom. The molecule has 1 aromatic carbocycles. The molecule has 0 saturated heterocycles. The molecule has 140 valence electrons. The van der Waals surface area contributed by atoms with Crippen molar-refractivity contribution in [3.63, 3.8) is 0 Å². The maximum Gasteiger partial charge on any atom is 0.434 e. The summed E-state index contributed by atoms with van der Waals surface area (Å²) in [5.41, 5.74) is -1.02. The highest BCUT2D eigenvalue weighted by atomic mass is 35.5. The molecule has 0 aliphatic rings. The van der Waals surface area contributed by atoms with E-state index >= 15 is 0 Å². The van der Waals surface area contributed by atoms with E-state index in [-0.39, 0.29) is 17.3 Å². The van der Waals surface area contributed by atoms with Gasteiger partial charge in [-0.25, -0.2) is 4.68 Å². The van der Waals surface area contributed by atoms with Gasteiger partial charge in [0.1, 0.15) is 0 Å². The van der Waals surface area contributed by atoms with Crippen LogP contribution in [-0.4, -0.2) is 32.6 Å². The van der Waals surface area contributed by atoms with Crippen molar-refractivity contribution in [3.8, 4) is 5.69 Å². The van der Waals surface area contributed by atoms with Crippen LogP contribution in [0.5, 0.6) is 0 Å². The predicted molar refractivity (Wildman–Crippen MR) is 93.6 cm³/mol. The first-order valence-corrected chi connectivity index (χ1v) is 8.21. The Bertz CT molecular complexity index is 957. The first-order valence-electron chi connectivity index (χ1n) is 7.84. The zero-order chi connectivity index (χ0) is 19.6. The molecule has 0 aliphatic carbocycles. The molecule has 0 N–H and O–H groups in total. The van der Waals surface area contributed by atoms with E-state index in [9.17, 15) is 18.0 Å². The maximum absolute atomic E-state index is 13.7. The van der Waals surface area contributed by atoms with Gasteiger partial charge in [-0.2, -0.15) is 18.3 Å². The van der Waals surface area contributed by atoms with Crippen molar-refractivity contribution in [2.75, 3.05) is 7.05 Å². The third kappa shape index (κ3) is 4.11. The van der Waals surface area contributed by atoms with E-state index in [4.69, 9.17) is 11.6 Å². The molecule has 3 rings (SSSR count). The third-order valence-electron chi connectivity index (χ3n) is 3.79. The lowest BCUT2D eigenvalue weighted by Crippen LogP contribution is -2.29. The van der Waals surface area contributed by atoms with Crippen molar-refractivity contribution in [2.45, 2.75) is 12.7 Å². The molecule has 2 aromatic heterocycles. The summed E-state index contributed by atoms with van der Waals surface area (Å²) in [5, 5.41) is 4.04. The largest absolute Gasteiger partial charge is 0.434 e. The number of rotatable bonds is 4. The van der Waals surface area contributed by atoms with E-state index in [1.54, 1.807) is 24.4 Å². The first-order chi connectivity index (χ1) is 12.8. The number of carbonyl (C=O) groups is 1. The number of alkyl halides is 3. The lowest BCUT2D eigenvalue weighted by molar-refractivity contribution is -0.143. The number of hydrogen-bond acceptors (Lipinski definition) is 3. The van der Waals surface area contributed by atoms with Gasteiger partial charge in [0, 0.05) is 18.3 Å². The Balaban J connectivity index is 1.99. The fourth-order valence-corrected chi connectivity index (χ4v) is 2.78. The number of hydrogen-bond donors (Lipinski definition) is 0. The molecule has 2 heterocycles. The molecule has 3 aromatic rings. The minimum Gasteiger partial charge on any atom is -0.336 e. The standard InChI is InChI=1S/C18H14ClF3N4O/c1-25(11-13-6-2-3-8-23-13)17(27)15-10-24-26(16(15)18(20,21)22)14-7-4-5-12(19)9-14/h2-10H,11H2,1H3. The van der Waals surface area contributed by atoms with Crippen LogP contribution in [0.15, 0.2) is 54.9 Å². The number of halogens is 4. The van der Waals surface area contributed by atoms with E-state index in [0.29, 0.717) is 10.4 Å². The SMILES string of the molecule is CN(Cc1ccccn1)C(=O)c1cnn(-c2cccc(Cl)c2)c1C(F)(F)F. The van der Waals surface area contributed by atoms with E-state index in [2.05, 4.69) is 10.1 Å². The lowest BCUT2D eigenvalue weighted by atomic mass is 10.2. The van der Waals surface area contributed by atoms with Gasteiger partial charge in [-0.15, -0.1) is 0 Å². The number of amides is 1. The van der Waals surface area contributed by atoms with Gasteiger partial charge in [-0.1, -0.05) is 23.7 Å². The highest BCUT2D eigenvalue weighted by Gasteiger charge is 2.41. The minimum atomic E-state index is -4.78. The molecule has 0 saturated carbocycles. The number of nitrogens with zero attached hydrogens (tertiary/aromatic N) is 4. The van der Waals surface area contributed by atoms with E-state index in [1.807, 2.05) is 0 Å². The zero-order valence-corrected chi connectivity index (χ0v) is 14.9. The second-order valence-corrected chi connectivity index (χ2v) is 6.22. The molecular weight excluding hydrogens is 381 g/mol. The highest BCUT2D eigenvalue weighted by Crippen LogP contribution is 2.34. The van der Waals surface area contributed by atoms with Gasteiger partial charge in [-0.3, -0.25) is 9.78 Å². The van der Waals surface area contributed by atoms with Gasteiger partial charge in [0.2, 0.25) is 0 Å². The fraction of sp³-hybridized carbons (Fsp3) is 0.167. The van der Waals surface area contributed by atoms with E-state index < -0.39 is 23.3 Å². The smallest absolute Gasteiger partial charge is 0.336 e. The molecule has 0 bridgehead atoms. The van der Waals surface area contributed by atoms with Crippen molar-refractivity contribution < 1.29 is 18.0 Å². The summed E-state index contributed by atoms with van der Waals surface area (Å²) in [7, 11) is 1.41. The fourth-order valence-electron chi connectivity index (χ4n) is 2.59. The van der Waals surface area contributed by atoms with Crippen molar-refractivity contribution >= 4 is 17.5 Å². The second-order valence-electron chi connectivity index (χ2n) is 5.78. The van der Waals surface area contributed by atoms with Crippen LogP contribution in [0.1, 0.15) is 21.7 Å². The third-order valence-corrected chi connectivity index (χ3v) is 4.03. The number of benzene rings is 1. The predicted octanol–water partition coefficient (Wildman–Crippen LogP) is 4.21. The summed E-state index contributed by atoms with van der Waals surface area (Å²) in [6.45, 7) is 0.0688. The quantitative estimate of drug-likeness (QED) is 0.666. The van der Waals surface area contributed by atoms with Gasteiger partial charge in [-0.05, 0) is 30.3 Å². The zero-order valence-electron chi connectivity index (χ0n) is 14.1. The van der Waals surface area contributed by atoms with E-state index in [0.717, 1.165) is 11.1 Å². The number of carbonyl (C=O) groups excluding carboxylic acids is 1. The highest BCUT2D eigenvalue weighted by molar-refractivity contribution is 6.30. The molecule has 27 heavy (non-hydrogen) atoms. The monoisotopic (exact) mass is 394 g/mol. The van der Waals surface area contributed by atoms with Crippen LogP contribution in [0.2, 0.25) is 5.02 Å². The summed E-state index contributed by atoms with van der Waals surface area (Å²) < 4.78 is 41.8. The van der Waals surface area contributed by atoms with Crippen molar-refractivity contribution in [2.24, 2.45) is 0 Å². The average Bonchev–Trinajstić information content (AvgIpc) is 3.07. The molecule has 0 atom stereocenters. The van der Waals surface area contributed by atoms with Gasteiger partial charge < -0.3 is 4.90 Å². The molecule has 0 aliphatic heterocycles. The van der Waals surface area contributed by atoms with E-state index in [1.165, 1.54) is 31.3 Å². The summed E-state index contributed by atoms with van der Waals surface area (Å²) in [6.07, 6.45) is -2.32. The Kier molecular flexibility index (Phi) is 5.18. The molecular formula is C18H14ClF3N4O. The van der Waals surface area contributed by atoms with Gasteiger partial charge >= 0.3 is 6.18 Å². The Labute approximate surface area is 158 Å². The molecule has 0 fully saturated rings. The Morgan fingerprint density at radius 2 is 2.00 bits per heavy atom. The maximum atomic E-state index is 13.7. The Hall–Kier alpha value is -2.87. The molecule has 0 unspecified atom stereocenters. The number of aromatic nitrogens is 3. The number of pyridine rings is 1. The van der Waals surface area contributed by atoms with Crippen LogP contribution < -0.4 is 0 Å². The van der Waals surface area contributed by atoms with Crippen LogP contribution in [0.4, 0.5) is 13.2 Å². The lowest BCUT2D eigenvalue weighted by Gasteiger charge is -2.18. The first kappa shape index (κ1) is 18.9. The summed E-state index contributed by atoms with van der Waals surface area (Å²) in [5.74, 6) is -0.804. The molecule has 5 nitrogen and oxygen atoms in total. The molecule has 9 heteroatoms. The second kappa shape index (κ2) is 7.40. The molecule has 1 amide bonds. The Morgan fingerprint density at radius 1 is 1.22 bits per heavy atom. The van der Waals surface area contributed by atoms with Crippen LogP contribution >= 0.6 is 11.6 Å². The van der Waals surface area contributed by atoms with Crippen LogP contribution in [0.3, 0.4) is 0 Å². The summed E-state index contributed by atoms with van der Waals surface area (Å²) >= 11 is 5.87. The van der Waals surface area contributed by atoms with Crippen LogP contribution in [-0.2, 0) is 12.7 Å². The van der Waals surface area contributed by atoms with Crippen molar-refractivity contribution in [3.05, 3.63) is 76.8 Å². The summed E-state index contributed by atoms with van der Waals surface area (Å²) in [4.78, 5) is 17.9.